The molecule has 2 amide bonds. The lowest BCUT2D eigenvalue weighted by atomic mass is 10.0. The molecule has 0 saturated heterocycles. The third-order valence-electron chi connectivity index (χ3n) is 6.07. The van der Waals surface area contributed by atoms with E-state index in [0.29, 0.717) is 28.8 Å². The maximum absolute atomic E-state index is 13.7. The first-order chi connectivity index (χ1) is 17.2. The molecule has 0 aliphatic heterocycles. The summed E-state index contributed by atoms with van der Waals surface area (Å²) < 4.78 is 5.99. The standard InChI is InChI=1S/C29H32Cl2N2O3/c1-5-32-29(35)26(16-22-9-7-6-8-10-22)33(17-23-11-12-24(30)25(31)15-23)28(34)18-36-27-14-19(2)13-20(3)21(27)4/h6-15,26H,5,16-18H2,1-4H3,(H,32,35)/t26-/m0/s1. The van der Waals surface area contributed by atoms with Crippen LogP contribution in [0.5, 0.6) is 5.75 Å². The van der Waals surface area contributed by atoms with Gasteiger partial charge in [0.05, 0.1) is 10.0 Å². The number of carbonyl (C=O) groups excluding carboxylic acids is 2. The molecule has 36 heavy (non-hydrogen) atoms. The lowest BCUT2D eigenvalue weighted by Crippen LogP contribution is -2.51. The Bertz CT molecular complexity index is 1210. The lowest BCUT2D eigenvalue weighted by Gasteiger charge is -2.31. The molecule has 0 saturated carbocycles. The van der Waals surface area contributed by atoms with E-state index in [0.717, 1.165) is 27.8 Å². The van der Waals surface area contributed by atoms with Crippen molar-refractivity contribution in [1.29, 1.82) is 0 Å². The highest BCUT2D eigenvalue weighted by molar-refractivity contribution is 6.42. The largest absolute Gasteiger partial charge is 0.483 e. The van der Waals surface area contributed by atoms with Crippen molar-refractivity contribution in [3.8, 4) is 5.75 Å². The number of benzene rings is 3. The molecule has 5 nitrogen and oxygen atoms in total. The molecule has 1 atom stereocenters. The van der Waals surface area contributed by atoms with Gasteiger partial charge in [-0.05, 0) is 73.7 Å². The van der Waals surface area contributed by atoms with Crippen LogP contribution in [0.25, 0.3) is 0 Å². The SMILES string of the molecule is CCNC(=O)[C@H](Cc1ccccc1)N(Cc1ccc(Cl)c(Cl)c1)C(=O)COc1cc(C)cc(C)c1C. The molecule has 0 spiro atoms. The molecule has 1 N–H and O–H groups in total. The molecule has 0 aliphatic rings. The second-order valence-corrected chi connectivity index (χ2v) is 9.68. The zero-order chi connectivity index (χ0) is 26.2. The first-order valence-corrected chi connectivity index (χ1v) is 12.7. The van der Waals surface area contributed by atoms with Crippen molar-refractivity contribution in [3.63, 3.8) is 0 Å². The zero-order valence-corrected chi connectivity index (χ0v) is 22.6. The summed E-state index contributed by atoms with van der Waals surface area (Å²) in [6, 6.07) is 18.1. The summed E-state index contributed by atoms with van der Waals surface area (Å²) in [6.07, 6.45) is 0.363. The number of carbonyl (C=O) groups is 2. The van der Waals surface area contributed by atoms with Crippen molar-refractivity contribution < 1.29 is 14.3 Å². The lowest BCUT2D eigenvalue weighted by molar-refractivity contribution is -0.142. The Morgan fingerprint density at radius 3 is 2.33 bits per heavy atom. The topological polar surface area (TPSA) is 58.6 Å². The molecule has 3 rings (SSSR count). The van der Waals surface area contributed by atoms with Crippen LogP contribution < -0.4 is 10.1 Å². The van der Waals surface area contributed by atoms with Crippen LogP contribution in [0.4, 0.5) is 0 Å². The first-order valence-electron chi connectivity index (χ1n) is 11.9. The summed E-state index contributed by atoms with van der Waals surface area (Å²) in [6.45, 7) is 8.26. The van der Waals surface area contributed by atoms with Crippen LogP contribution in [-0.2, 0) is 22.6 Å². The highest BCUT2D eigenvalue weighted by Crippen LogP contribution is 2.26. The molecular formula is C29H32Cl2N2O3. The average molecular weight is 527 g/mol. The maximum Gasteiger partial charge on any atom is 0.261 e. The summed E-state index contributed by atoms with van der Waals surface area (Å²) in [5.74, 6) is 0.136. The molecule has 7 heteroatoms. The second kappa shape index (κ2) is 12.8. The van der Waals surface area contributed by atoms with Crippen LogP contribution in [0.3, 0.4) is 0 Å². The van der Waals surface area contributed by atoms with Crippen molar-refractivity contribution in [2.75, 3.05) is 13.2 Å². The van der Waals surface area contributed by atoms with Crippen molar-refractivity contribution in [2.45, 2.75) is 46.7 Å². The van der Waals surface area contributed by atoms with E-state index >= 15 is 0 Å². The number of halogens is 2. The van der Waals surface area contributed by atoms with Crippen molar-refractivity contribution >= 4 is 35.0 Å². The number of nitrogens with zero attached hydrogens (tertiary/aromatic N) is 1. The van der Waals surface area contributed by atoms with Gasteiger partial charge in [-0.1, -0.05) is 65.7 Å². The molecule has 0 radical (unpaired) electrons. The third-order valence-corrected chi connectivity index (χ3v) is 6.81. The molecule has 190 valence electrons. The summed E-state index contributed by atoms with van der Waals surface area (Å²) in [5.41, 5.74) is 4.84. The molecular weight excluding hydrogens is 495 g/mol. The number of likely N-dealkylation sites (N-methyl/N-ethyl adjacent to an activating group) is 1. The Balaban J connectivity index is 1.94. The second-order valence-electron chi connectivity index (χ2n) is 8.86. The Kier molecular flexibility index (Phi) is 9.80. The van der Waals surface area contributed by atoms with E-state index in [1.807, 2.05) is 64.1 Å². The van der Waals surface area contributed by atoms with Gasteiger partial charge in [-0.2, -0.15) is 0 Å². The van der Waals surface area contributed by atoms with E-state index in [-0.39, 0.29) is 25.0 Å². The van der Waals surface area contributed by atoms with E-state index in [1.165, 1.54) is 0 Å². The monoisotopic (exact) mass is 526 g/mol. The van der Waals surface area contributed by atoms with Gasteiger partial charge in [-0.25, -0.2) is 0 Å². The maximum atomic E-state index is 13.7. The summed E-state index contributed by atoms with van der Waals surface area (Å²) >= 11 is 12.3. The Morgan fingerprint density at radius 2 is 1.67 bits per heavy atom. The minimum atomic E-state index is -0.738. The van der Waals surface area contributed by atoms with E-state index in [9.17, 15) is 9.59 Å². The van der Waals surface area contributed by atoms with Gasteiger partial charge in [0, 0.05) is 19.5 Å². The summed E-state index contributed by atoms with van der Waals surface area (Å²) in [7, 11) is 0. The fourth-order valence-corrected chi connectivity index (χ4v) is 4.37. The Hall–Kier alpha value is -3.02. The van der Waals surface area contributed by atoms with Gasteiger partial charge in [-0.15, -0.1) is 0 Å². The highest BCUT2D eigenvalue weighted by Gasteiger charge is 2.30. The normalized spacial score (nSPS) is 11.6. The van der Waals surface area contributed by atoms with E-state index in [1.54, 1.807) is 23.1 Å². The highest BCUT2D eigenvalue weighted by atomic mass is 35.5. The van der Waals surface area contributed by atoms with Crippen LogP contribution in [0.15, 0.2) is 60.7 Å². The van der Waals surface area contributed by atoms with Crippen molar-refractivity contribution in [1.82, 2.24) is 10.2 Å². The molecule has 0 bridgehead atoms. The van der Waals surface area contributed by atoms with E-state index in [2.05, 4.69) is 11.4 Å². The molecule has 3 aromatic carbocycles. The third kappa shape index (κ3) is 7.25. The van der Waals surface area contributed by atoms with Crippen molar-refractivity contribution in [2.24, 2.45) is 0 Å². The summed E-state index contributed by atoms with van der Waals surface area (Å²) in [5, 5.41) is 3.70. The Morgan fingerprint density at radius 1 is 0.944 bits per heavy atom. The molecule has 0 unspecified atom stereocenters. The van der Waals surface area contributed by atoms with Crippen LogP contribution in [0.1, 0.15) is 34.7 Å². The van der Waals surface area contributed by atoms with Gasteiger partial charge in [0.15, 0.2) is 6.61 Å². The molecule has 0 aromatic heterocycles. The predicted molar refractivity (Wildman–Crippen MR) is 146 cm³/mol. The predicted octanol–water partition coefficient (Wildman–Crippen LogP) is 6.07. The fraction of sp³-hybridized carbons (Fsp3) is 0.310. The number of ether oxygens (including phenoxy) is 1. The quantitative estimate of drug-likeness (QED) is 0.348. The number of amides is 2. The summed E-state index contributed by atoms with van der Waals surface area (Å²) in [4.78, 5) is 28.5. The van der Waals surface area contributed by atoms with Gasteiger partial charge in [0.25, 0.3) is 5.91 Å². The van der Waals surface area contributed by atoms with Crippen LogP contribution in [0, 0.1) is 20.8 Å². The average Bonchev–Trinajstić information content (AvgIpc) is 2.85. The smallest absolute Gasteiger partial charge is 0.261 e. The van der Waals surface area contributed by atoms with Crippen LogP contribution in [-0.4, -0.2) is 35.9 Å². The number of rotatable bonds is 10. The molecule has 0 aliphatic carbocycles. The van der Waals surface area contributed by atoms with Crippen molar-refractivity contribution in [3.05, 3.63) is 98.5 Å². The minimum Gasteiger partial charge on any atom is -0.483 e. The number of hydrogen-bond acceptors (Lipinski definition) is 3. The van der Waals surface area contributed by atoms with Crippen LogP contribution in [0.2, 0.25) is 10.0 Å². The zero-order valence-electron chi connectivity index (χ0n) is 21.1. The number of hydrogen-bond donors (Lipinski definition) is 1. The molecule has 0 fully saturated rings. The van der Waals surface area contributed by atoms with E-state index < -0.39 is 6.04 Å². The van der Waals surface area contributed by atoms with Gasteiger partial charge < -0.3 is 15.0 Å². The minimum absolute atomic E-state index is 0.180. The fourth-order valence-electron chi connectivity index (χ4n) is 4.05. The number of nitrogens with one attached hydrogen (secondary N) is 1. The number of aryl methyl sites for hydroxylation is 2. The van der Waals surface area contributed by atoms with Gasteiger partial charge in [0.1, 0.15) is 11.8 Å². The van der Waals surface area contributed by atoms with Gasteiger partial charge in [0.2, 0.25) is 5.91 Å². The first kappa shape index (κ1) is 27.6. The molecule has 3 aromatic rings. The van der Waals surface area contributed by atoms with Gasteiger partial charge >= 0.3 is 0 Å². The van der Waals surface area contributed by atoms with Gasteiger partial charge in [-0.3, -0.25) is 9.59 Å². The Labute approximate surface area is 223 Å². The molecule has 0 heterocycles. The van der Waals surface area contributed by atoms with Crippen LogP contribution >= 0.6 is 23.2 Å². The van der Waals surface area contributed by atoms with E-state index in [4.69, 9.17) is 27.9 Å².